The van der Waals surface area contributed by atoms with Gasteiger partial charge in [-0.15, -0.1) is 0 Å². The van der Waals surface area contributed by atoms with E-state index in [1.807, 2.05) is 0 Å². The van der Waals surface area contributed by atoms with Crippen molar-refractivity contribution in [2.75, 3.05) is 0 Å². The third kappa shape index (κ3) is 4.26. The minimum absolute atomic E-state index is 0.0219. The van der Waals surface area contributed by atoms with Crippen LogP contribution >= 0.6 is 31.9 Å². The molecule has 0 radical (unpaired) electrons. The van der Waals surface area contributed by atoms with Gasteiger partial charge in [-0.2, -0.15) is 0 Å². The van der Waals surface area contributed by atoms with Crippen molar-refractivity contribution < 1.29 is 0 Å². The maximum atomic E-state index is 3.71. The Morgan fingerprint density at radius 1 is 0.429 bits per heavy atom. The molecule has 0 aromatic heterocycles. The van der Waals surface area contributed by atoms with E-state index < -0.39 is 0 Å². The van der Waals surface area contributed by atoms with Gasteiger partial charge in [0.05, 0.1) is 0 Å². The summed E-state index contributed by atoms with van der Waals surface area (Å²) < 4.78 is 2.40. The Kier molecular flexibility index (Phi) is 6.24. The number of hydrogen-bond donors (Lipinski definition) is 0. The zero-order valence-electron chi connectivity index (χ0n) is 29.1. The third-order valence-electron chi connectivity index (χ3n) is 15.9. The van der Waals surface area contributed by atoms with Gasteiger partial charge >= 0.3 is 0 Å². The number of rotatable bonds is 4. The van der Waals surface area contributed by atoms with Gasteiger partial charge < -0.3 is 0 Å². The number of halogens is 2. The summed E-state index contributed by atoms with van der Waals surface area (Å²) in [6, 6.07) is 34.6. The molecule has 8 bridgehead atoms. The maximum Gasteiger partial charge on any atom is 0.0175 e. The molecule has 0 nitrogen and oxygen atoms in total. The smallest absolute Gasteiger partial charge is 0.0175 e. The van der Waals surface area contributed by atoms with E-state index >= 15 is 0 Å². The average molecular weight is 773 g/mol. The third-order valence-corrected chi connectivity index (χ3v) is 17.0. The minimum atomic E-state index is 0.0219. The lowest BCUT2D eigenvalue weighted by molar-refractivity contribution is -0.0283. The minimum Gasteiger partial charge on any atom is -0.0578 e. The van der Waals surface area contributed by atoms with Crippen molar-refractivity contribution in [3.63, 3.8) is 0 Å². The molecular weight excluding hydrogens is 724 g/mol. The molecule has 0 amide bonds. The van der Waals surface area contributed by atoms with Gasteiger partial charge in [-0.3, -0.25) is 0 Å². The van der Waals surface area contributed by atoms with Crippen molar-refractivity contribution in [1.82, 2.24) is 0 Å². The summed E-state index contributed by atoms with van der Waals surface area (Å²) in [5, 5.41) is 0. The summed E-state index contributed by atoms with van der Waals surface area (Å²) in [6.45, 7) is 5.08. The first-order valence-corrected chi connectivity index (χ1v) is 21.0. The molecule has 250 valence electrons. The molecule has 9 aliphatic rings. The van der Waals surface area contributed by atoms with Crippen molar-refractivity contribution in [3.05, 3.63) is 127 Å². The molecule has 4 aromatic rings. The van der Waals surface area contributed by atoms with Crippen LogP contribution in [-0.2, 0) is 27.1 Å². The van der Waals surface area contributed by atoms with Crippen LogP contribution in [0.15, 0.2) is 93.9 Å². The molecule has 0 N–H and O–H groups in total. The van der Waals surface area contributed by atoms with Crippen LogP contribution in [0.5, 0.6) is 0 Å². The van der Waals surface area contributed by atoms with E-state index in [2.05, 4.69) is 131 Å². The molecule has 0 spiro atoms. The van der Waals surface area contributed by atoms with E-state index in [9.17, 15) is 0 Å². The van der Waals surface area contributed by atoms with E-state index in [0.29, 0.717) is 21.7 Å². The molecule has 4 aromatic carbocycles. The number of hydrogen-bond acceptors (Lipinski definition) is 0. The number of fused-ring (bicyclic) bond motifs is 3. The monoisotopic (exact) mass is 770 g/mol. The van der Waals surface area contributed by atoms with Crippen LogP contribution in [0.4, 0.5) is 0 Å². The van der Waals surface area contributed by atoms with Gasteiger partial charge in [-0.05, 0) is 191 Å². The number of benzene rings is 4. The molecule has 8 fully saturated rings. The Morgan fingerprint density at radius 2 is 0.735 bits per heavy atom. The van der Waals surface area contributed by atoms with E-state index in [4.69, 9.17) is 0 Å². The Bertz CT molecular complexity index is 1840. The molecule has 9 aliphatic carbocycles. The van der Waals surface area contributed by atoms with Crippen LogP contribution in [0.25, 0.3) is 11.1 Å². The van der Waals surface area contributed by atoms with Gasteiger partial charge in [0.25, 0.3) is 0 Å². The van der Waals surface area contributed by atoms with E-state index in [0.717, 1.165) is 23.7 Å². The molecule has 13 rings (SSSR count). The highest BCUT2D eigenvalue weighted by atomic mass is 79.9. The van der Waals surface area contributed by atoms with Gasteiger partial charge in [0.15, 0.2) is 0 Å². The van der Waals surface area contributed by atoms with E-state index in [1.54, 1.807) is 33.4 Å². The first-order valence-electron chi connectivity index (χ1n) is 19.4. The van der Waals surface area contributed by atoms with Crippen LogP contribution in [0.3, 0.4) is 0 Å². The zero-order valence-corrected chi connectivity index (χ0v) is 32.3. The van der Waals surface area contributed by atoms with Crippen molar-refractivity contribution in [1.29, 1.82) is 0 Å². The molecule has 0 aliphatic heterocycles. The molecule has 49 heavy (non-hydrogen) atoms. The normalized spacial score (nSPS) is 38.5. The predicted octanol–water partition coefficient (Wildman–Crippen LogP) is 13.1. The lowest BCUT2D eigenvalue weighted by Gasteiger charge is -2.63. The summed E-state index contributed by atoms with van der Waals surface area (Å²) in [7, 11) is 0. The zero-order chi connectivity index (χ0) is 33.0. The van der Waals surface area contributed by atoms with Crippen molar-refractivity contribution >= 4 is 31.9 Å². The average Bonchev–Trinajstić information content (AvgIpc) is 3.29. The van der Waals surface area contributed by atoms with Gasteiger partial charge in [-0.1, -0.05) is 106 Å². The fourth-order valence-corrected chi connectivity index (χ4v) is 15.4. The lowest BCUT2D eigenvalue weighted by Crippen LogP contribution is -2.56. The highest BCUT2D eigenvalue weighted by Crippen LogP contribution is 2.68. The molecule has 2 heteroatoms. The largest absolute Gasteiger partial charge is 0.0578 e. The summed E-state index contributed by atoms with van der Waals surface area (Å²) in [5.74, 6) is 3.47. The molecule has 4 atom stereocenters. The second kappa shape index (κ2) is 10.0. The molecule has 0 saturated heterocycles. The molecule has 8 saturated carbocycles. The standard InChI is InChI=1S/C47H48Br2/c1-43(2)41-17-35(46-23-29-15-30(24-46)20-44(19-29,27-46)33-3-9-37(48)10-4-33)7-13-39(41)40-14-8-36(18-42(40)43)47-25-31-16-32(26-47)22-45(21-31,28-47)34-5-11-38(49)12-6-34/h3-14,17-18,29-32H,15-16,19-28H2,1-2H3. The van der Waals surface area contributed by atoms with E-state index in [1.165, 1.54) is 97.1 Å². The lowest BCUT2D eigenvalue weighted by atomic mass is 9.41. The van der Waals surface area contributed by atoms with Crippen molar-refractivity contribution in [2.24, 2.45) is 23.7 Å². The van der Waals surface area contributed by atoms with Gasteiger partial charge in [0.1, 0.15) is 0 Å². The highest BCUT2D eigenvalue weighted by Gasteiger charge is 2.60. The Balaban J connectivity index is 0.960. The Labute approximate surface area is 310 Å². The van der Waals surface area contributed by atoms with Gasteiger partial charge in [0, 0.05) is 14.4 Å². The van der Waals surface area contributed by atoms with Crippen LogP contribution in [-0.4, -0.2) is 0 Å². The fourth-order valence-electron chi connectivity index (χ4n) is 14.9. The molecular formula is C47H48Br2. The SMILES string of the molecule is CC1(C)c2cc(C34CC5CC(CC(c6ccc(Br)cc6)(C5)C3)C4)ccc2-c2ccc(C34CC5CC(CC(c6ccc(Br)cc6)(C5)C3)C4)cc21. The van der Waals surface area contributed by atoms with Gasteiger partial charge in [-0.25, -0.2) is 0 Å². The topological polar surface area (TPSA) is 0 Å². The van der Waals surface area contributed by atoms with Crippen LogP contribution < -0.4 is 0 Å². The van der Waals surface area contributed by atoms with Crippen LogP contribution in [0.1, 0.15) is 124 Å². The first-order chi connectivity index (χ1) is 23.6. The van der Waals surface area contributed by atoms with Gasteiger partial charge in [0.2, 0.25) is 0 Å². The second-order valence-electron chi connectivity index (χ2n) is 19.2. The van der Waals surface area contributed by atoms with Crippen LogP contribution in [0, 0.1) is 23.7 Å². The fraction of sp³-hybridized carbons (Fsp3) is 0.489. The van der Waals surface area contributed by atoms with Crippen molar-refractivity contribution in [3.8, 4) is 11.1 Å². The molecule has 0 heterocycles. The first kappa shape index (κ1) is 30.5. The quantitative estimate of drug-likeness (QED) is 0.194. The summed E-state index contributed by atoms with van der Waals surface area (Å²) in [4.78, 5) is 0. The van der Waals surface area contributed by atoms with E-state index in [-0.39, 0.29) is 5.41 Å². The summed E-state index contributed by atoms with van der Waals surface area (Å²) in [5.41, 5.74) is 14.0. The summed E-state index contributed by atoms with van der Waals surface area (Å²) >= 11 is 7.42. The Morgan fingerprint density at radius 3 is 1.08 bits per heavy atom. The van der Waals surface area contributed by atoms with Crippen molar-refractivity contribution in [2.45, 2.75) is 118 Å². The molecule has 4 unspecified atom stereocenters. The van der Waals surface area contributed by atoms with Crippen LogP contribution in [0.2, 0.25) is 0 Å². The maximum absolute atomic E-state index is 3.71. The second-order valence-corrected chi connectivity index (χ2v) is 21.0. The predicted molar refractivity (Wildman–Crippen MR) is 208 cm³/mol. The highest BCUT2D eigenvalue weighted by molar-refractivity contribution is 9.10. The summed E-state index contributed by atoms with van der Waals surface area (Å²) in [6.07, 6.45) is 16.7. The Hall–Kier alpha value is -2.16.